The number of hydrogen-bond acceptors (Lipinski definition) is 8. The number of carboxylic acids is 2. The Hall–Kier alpha value is -5.78. The third kappa shape index (κ3) is 5.64. The Morgan fingerprint density at radius 2 is 1.45 bits per heavy atom. The molecule has 0 unspecified atom stereocenters. The van der Waals surface area contributed by atoms with Gasteiger partial charge in [0.15, 0.2) is 0 Å². The van der Waals surface area contributed by atoms with Gasteiger partial charge in [-0.1, -0.05) is 18.2 Å². The molecular formula is C33H21N2O8S-. The van der Waals surface area contributed by atoms with Gasteiger partial charge in [-0.2, -0.15) is 0 Å². The fraction of sp³-hybridized carbons (Fsp3) is 0. The van der Waals surface area contributed by atoms with Crippen molar-refractivity contribution in [1.29, 1.82) is 0 Å². The second kappa shape index (κ2) is 11.1. The van der Waals surface area contributed by atoms with E-state index < -0.39 is 22.1 Å². The molecule has 10 nitrogen and oxygen atoms in total. The van der Waals surface area contributed by atoms with Gasteiger partial charge in [0.2, 0.25) is 11.0 Å². The smallest absolute Gasteiger partial charge is 0.335 e. The molecule has 218 valence electrons. The Kier molecular flexibility index (Phi) is 7.17. The minimum Gasteiger partial charge on any atom is -0.744 e. The van der Waals surface area contributed by atoms with E-state index in [1.807, 2.05) is 0 Å². The first kappa shape index (κ1) is 28.3. The van der Waals surface area contributed by atoms with Crippen LogP contribution in [0.5, 0.6) is 0 Å². The number of rotatable bonds is 7. The minimum atomic E-state index is -4.83. The zero-order valence-corrected chi connectivity index (χ0v) is 23.4. The summed E-state index contributed by atoms with van der Waals surface area (Å²) in [6.07, 6.45) is 0. The maximum Gasteiger partial charge on any atom is 0.335 e. The van der Waals surface area contributed by atoms with Gasteiger partial charge >= 0.3 is 5.97 Å². The van der Waals surface area contributed by atoms with E-state index in [4.69, 9.17) is 4.42 Å². The second-order valence-corrected chi connectivity index (χ2v) is 11.2. The van der Waals surface area contributed by atoms with E-state index in [9.17, 15) is 32.8 Å². The van der Waals surface area contributed by atoms with Crippen molar-refractivity contribution >= 4 is 50.1 Å². The van der Waals surface area contributed by atoms with Crippen molar-refractivity contribution < 1.29 is 42.2 Å². The van der Waals surface area contributed by atoms with Crippen molar-refractivity contribution in [2.75, 3.05) is 5.32 Å². The van der Waals surface area contributed by atoms with Gasteiger partial charge in [0.1, 0.15) is 21.5 Å². The molecule has 0 atom stereocenters. The second-order valence-electron chi connectivity index (χ2n) is 9.85. The Morgan fingerprint density at radius 1 is 0.773 bits per heavy atom. The quantitative estimate of drug-likeness (QED) is 0.182. The maximum atomic E-state index is 12.3. The monoisotopic (exact) mass is 605 g/mol. The molecule has 4 aromatic rings. The molecule has 3 N–H and O–H groups in total. The largest absolute Gasteiger partial charge is 0.744 e. The zero-order valence-electron chi connectivity index (χ0n) is 22.6. The highest BCUT2D eigenvalue weighted by atomic mass is 32.2. The Bertz CT molecular complexity index is 2220. The van der Waals surface area contributed by atoms with Crippen molar-refractivity contribution in [3.8, 4) is 22.5 Å². The number of carboxylic acid groups (broad SMARTS) is 2. The minimum absolute atomic E-state index is 0.0365. The maximum absolute atomic E-state index is 12.3. The molecule has 1 aliphatic heterocycles. The van der Waals surface area contributed by atoms with Gasteiger partial charge < -0.3 is 29.3 Å². The molecule has 6 rings (SSSR count). The first-order valence-corrected chi connectivity index (χ1v) is 14.6. The van der Waals surface area contributed by atoms with Crippen molar-refractivity contribution in [2.45, 2.75) is 4.90 Å². The molecule has 4 aromatic carbocycles. The Morgan fingerprint density at radius 3 is 2.14 bits per heavy atom. The van der Waals surface area contributed by atoms with Gasteiger partial charge in [-0.05, 0) is 66.2 Å². The predicted octanol–water partition coefficient (Wildman–Crippen LogP) is 3.23. The van der Waals surface area contributed by atoms with Crippen molar-refractivity contribution in [2.24, 2.45) is 0 Å². The normalized spacial score (nSPS) is 12.0. The lowest BCUT2D eigenvalue weighted by atomic mass is 9.93. The molecule has 0 amide bonds. The molecule has 1 aliphatic carbocycles. The van der Waals surface area contributed by atoms with Crippen LogP contribution in [0.1, 0.15) is 20.7 Å². The van der Waals surface area contributed by atoms with Crippen molar-refractivity contribution in [1.82, 2.24) is 0 Å². The average Bonchev–Trinajstić information content (AvgIpc) is 3.00. The fourth-order valence-electron chi connectivity index (χ4n) is 4.95. The summed E-state index contributed by atoms with van der Waals surface area (Å²) < 4.78 is 43.1. The summed E-state index contributed by atoms with van der Waals surface area (Å²) in [6, 6.07) is 28.6. The van der Waals surface area contributed by atoms with Crippen LogP contribution in [0.2, 0.25) is 0 Å². The zero-order chi connectivity index (χ0) is 31.0. The molecule has 0 spiro atoms. The van der Waals surface area contributed by atoms with Crippen LogP contribution in [-0.4, -0.2) is 30.0 Å². The summed E-state index contributed by atoms with van der Waals surface area (Å²) in [6.45, 7) is 0. The first-order chi connectivity index (χ1) is 21.1. The summed E-state index contributed by atoms with van der Waals surface area (Å²) in [7, 11) is -4.83. The van der Waals surface area contributed by atoms with Crippen LogP contribution in [0.25, 0.3) is 33.4 Å². The highest BCUT2D eigenvalue weighted by molar-refractivity contribution is 7.85. The number of hydrogen-bond donors (Lipinski definition) is 3. The third-order valence-corrected chi connectivity index (χ3v) is 7.87. The topological polar surface area (TPSA) is 174 Å². The summed E-state index contributed by atoms with van der Waals surface area (Å²) in [5, 5.41) is 24.6. The number of fused-ring (bicyclic) bond motifs is 2. The highest BCUT2D eigenvalue weighted by Gasteiger charge is 2.22. The molecule has 0 aromatic heterocycles. The molecule has 0 fully saturated rings. The van der Waals surface area contributed by atoms with Crippen LogP contribution in [-0.2, 0) is 10.1 Å². The Balaban J connectivity index is 1.54. The molecule has 44 heavy (non-hydrogen) atoms. The predicted molar refractivity (Wildman–Crippen MR) is 157 cm³/mol. The molecule has 0 bridgehead atoms. The molecule has 11 heteroatoms. The van der Waals surface area contributed by atoms with E-state index in [1.54, 1.807) is 72.8 Å². The summed E-state index contributed by atoms with van der Waals surface area (Å²) in [5.41, 5.74) is 3.68. The average molecular weight is 606 g/mol. The van der Waals surface area contributed by atoms with Gasteiger partial charge in [-0.15, -0.1) is 0 Å². The number of carbonyl (C=O) groups excluding carboxylic acids is 1. The molecule has 0 saturated carbocycles. The third-order valence-electron chi connectivity index (χ3n) is 6.98. The first-order valence-electron chi connectivity index (χ1n) is 13.1. The number of nitrogens with one attached hydrogen (secondary N) is 2. The number of benzene rings is 5. The highest BCUT2D eigenvalue weighted by Crippen LogP contribution is 2.42. The van der Waals surface area contributed by atoms with E-state index in [0.717, 1.165) is 0 Å². The number of aromatic carboxylic acids is 2. The molecule has 1 heterocycles. The van der Waals surface area contributed by atoms with Gasteiger partial charge in [0.05, 0.1) is 22.5 Å². The molecule has 2 aliphatic rings. The van der Waals surface area contributed by atoms with Crippen LogP contribution in [0, 0.1) is 0 Å². The van der Waals surface area contributed by atoms with Crippen LogP contribution in [0.15, 0.2) is 119 Å². The van der Waals surface area contributed by atoms with Crippen molar-refractivity contribution in [3.05, 3.63) is 126 Å². The lowest BCUT2D eigenvalue weighted by molar-refractivity contribution is -0.402. The van der Waals surface area contributed by atoms with Gasteiger partial charge in [-0.25, -0.2) is 18.2 Å². The van der Waals surface area contributed by atoms with E-state index in [-0.39, 0.29) is 21.6 Å². The molecule has 0 saturated heterocycles. The lowest BCUT2D eigenvalue weighted by Crippen LogP contribution is -2.70. The van der Waals surface area contributed by atoms with Crippen LogP contribution in [0.4, 0.5) is 17.1 Å². The fourth-order valence-corrected chi connectivity index (χ4v) is 5.63. The summed E-state index contributed by atoms with van der Waals surface area (Å²) in [4.78, 5) is 25.1. The van der Waals surface area contributed by atoms with E-state index in [1.165, 1.54) is 36.4 Å². The van der Waals surface area contributed by atoms with Crippen LogP contribution < -0.4 is 20.8 Å². The molecule has 0 radical (unpaired) electrons. The van der Waals surface area contributed by atoms with Gasteiger partial charge in [0, 0.05) is 57.7 Å². The summed E-state index contributed by atoms with van der Waals surface area (Å²) >= 11 is 0. The van der Waals surface area contributed by atoms with Crippen molar-refractivity contribution in [3.63, 3.8) is 0 Å². The van der Waals surface area contributed by atoms with Gasteiger partial charge in [-0.3, -0.25) is 0 Å². The number of carbonyl (C=O) groups is 2. The Labute approximate surface area is 250 Å². The van der Waals surface area contributed by atoms with E-state index in [2.05, 4.69) is 10.3 Å². The summed E-state index contributed by atoms with van der Waals surface area (Å²) in [5.74, 6) is -1.94. The van der Waals surface area contributed by atoms with Crippen LogP contribution >= 0.6 is 0 Å². The molecular weight excluding hydrogens is 584 g/mol. The standard InChI is InChI=1S/C33H22N2O8S/c36-32(37)19-5-9-21(10-6-19)34-23-13-15-25-28(17-23)43-29-18-24(35-22-11-7-20(8-12-22)33(38)39)14-16-26(29)31(25)27-3-1-2-4-30(27)44(40,41)42/h1-18,34H,(H,36,37)(H,38,39)(H,40,41,42)/p-1. The lowest BCUT2D eigenvalue weighted by Gasteiger charge is -2.19. The SMILES string of the molecule is O=C([O-])c1ccc([NH+]=c2ccc3c(-c4ccccc4S(=O)(=O)[O-])c4ccc(Nc5ccc(C(=O)O)cc5)cc4oc-3c2)cc1. The number of anilines is 2. The van der Waals surface area contributed by atoms with Crippen LogP contribution in [0.3, 0.4) is 0 Å². The van der Waals surface area contributed by atoms with Gasteiger partial charge in [0.25, 0.3) is 0 Å². The van der Waals surface area contributed by atoms with E-state index in [0.29, 0.717) is 50.3 Å². The van der Waals surface area contributed by atoms with E-state index >= 15 is 0 Å².